The Hall–Kier alpha value is -7.78. The van der Waals surface area contributed by atoms with Gasteiger partial charge in [0, 0.05) is 12.8 Å². The van der Waals surface area contributed by atoms with E-state index in [2.05, 4.69) is 0 Å². The molecule has 30 unspecified atom stereocenters. The lowest BCUT2D eigenvalue weighted by molar-refractivity contribution is -0.174. The van der Waals surface area contributed by atoms with E-state index in [1.54, 1.807) is 0 Å². The van der Waals surface area contributed by atoms with Crippen LogP contribution in [0, 0.1) is 71.0 Å². The van der Waals surface area contributed by atoms with Crippen LogP contribution < -0.4 is 0 Å². The minimum Gasteiger partial charge on any atom is -0.465 e. The molecule has 37 nitrogen and oxygen atoms in total. The molecule has 0 amide bonds. The predicted molar refractivity (Wildman–Crippen MR) is 502 cm³/mol. The van der Waals surface area contributed by atoms with Gasteiger partial charge in [-0.05, 0) is 227 Å². The second-order valence-electron chi connectivity index (χ2n) is 38.1. The quantitative estimate of drug-likeness (QED) is 0.0237. The maximum absolute atomic E-state index is 13.8. The number of carbonyl (C=O) groups is 14. The van der Waals surface area contributed by atoms with E-state index in [0.29, 0.717) is 112 Å². The van der Waals surface area contributed by atoms with E-state index in [-0.39, 0.29) is 237 Å². The lowest BCUT2D eigenvalue weighted by Gasteiger charge is -2.26. The molecule has 800 valence electrons. The maximum Gasteiger partial charge on any atom is 0.344 e. The van der Waals surface area contributed by atoms with E-state index in [1.165, 1.54) is 0 Å². The molecular formula is C102H170O37. The molecule has 9 saturated heterocycles. The van der Waals surface area contributed by atoms with Gasteiger partial charge in [-0.1, -0.05) is 89.1 Å². The van der Waals surface area contributed by atoms with Crippen molar-refractivity contribution in [2.45, 2.75) is 404 Å². The summed E-state index contributed by atoms with van der Waals surface area (Å²) in [5.74, 6) is -15.0. The Morgan fingerprint density at radius 2 is 0.360 bits per heavy atom. The van der Waals surface area contributed by atoms with Gasteiger partial charge in [0.15, 0.2) is 39.6 Å². The number of rotatable bonds is 42. The standard InChI is InChI=1S/C44H58O20.C26H34O11.C20H30O6.12CH4/c45-37(57-19-39(47)53-15-23-1-5-29-33(9-23)61-29)13-27(43(51)59-21-41(49)55-17-25-3-7-31-35(11-25)63-31)28(44(52)60-22-42(50)56-18-26-4-8-32-36(12-26)64-32)14-38(46)58-20-40(48)54-16-24-2-6-30-34(10-24)62-30;27-23(31-9-13-1-3-17-19(5-13)35-17)11-33-25(29)15-7-21-22(37-21)8-16(15)26(30)34-12-24(28)32-10-14-2-4-18-20(6-14)36-18;21-19(23-11-13-5-7-15-17(9-13)25-15)3-1-2-4-20(22)24-12-14-6-8-16-18(10-14)26-16;;;;;;;;;;;;/h23-36H,1-22H2;13-22H,1-12H2;13-18H,1-12H2;12*1H4. The van der Waals surface area contributed by atoms with Gasteiger partial charge in [-0.15, -0.1) is 0 Å². The molecule has 18 aliphatic rings. The van der Waals surface area contributed by atoms with E-state index < -0.39 is 148 Å². The van der Waals surface area contributed by atoms with Crippen LogP contribution in [-0.4, -0.2) is 286 Å². The summed E-state index contributed by atoms with van der Waals surface area (Å²) in [6.07, 6.45) is 27.1. The van der Waals surface area contributed by atoms with Gasteiger partial charge in [-0.25, -0.2) is 28.8 Å². The molecule has 0 radical (unpaired) electrons. The van der Waals surface area contributed by atoms with Gasteiger partial charge in [0.25, 0.3) is 0 Å². The Morgan fingerprint density at radius 1 is 0.187 bits per heavy atom. The van der Waals surface area contributed by atoms with Crippen LogP contribution in [0.15, 0.2) is 0 Å². The summed E-state index contributed by atoms with van der Waals surface area (Å²) in [7, 11) is 0. The molecule has 9 heterocycles. The van der Waals surface area contributed by atoms with Crippen molar-refractivity contribution in [3.05, 3.63) is 0 Å². The fourth-order valence-corrected chi connectivity index (χ4v) is 20.2. The number of unbranched alkanes of at least 4 members (excludes halogenated alkanes) is 1. The van der Waals surface area contributed by atoms with Crippen LogP contribution in [0.4, 0.5) is 0 Å². The SMILES string of the molecule is C.C.C.C.C.C.C.C.C.C.C.C.O=C(CCCCC(=O)OCC1CCC2OC2C1)OCC1CCC2OC2C1.O=C(COC(=O)C1CC2OC2CC1C(=O)OCC(=O)OCC1CCC2OC2C1)OCC1CCC2OC2C1.O=C(COC(=O)CC(C(=O)OCC(=O)OCC1CCC2OC2C1)C(CC(=O)OCC(=O)OCC1CCC2OC2C1)C(=O)OCC(=O)OCC1CCC2OC2C1)OCC1CCC2OC2C1. The third-order valence-corrected chi connectivity index (χ3v) is 28.4. The number of epoxide rings is 9. The van der Waals surface area contributed by atoms with Crippen molar-refractivity contribution in [1.82, 2.24) is 0 Å². The summed E-state index contributed by atoms with van der Waals surface area (Å²) < 4.78 is 123. The zero-order chi connectivity index (χ0) is 88.2. The molecule has 0 aromatic rings. The minimum atomic E-state index is -1.89. The molecule has 18 rings (SSSR count). The Morgan fingerprint density at radius 3 is 0.561 bits per heavy atom. The fourth-order valence-electron chi connectivity index (χ4n) is 20.2. The Kier molecular flexibility index (Phi) is 51.8. The second kappa shape index (κ2) is 58.2. The third kappa shape index (κ3) is 38.7. The Balaban J connectivity index is 0.000000459. The zero-order valence-corrected chi connectivity index (χ0v) is 72.0. The lowest BCUT2D eigenvalue weighted by Crippen LogP contribution is -2.39. The number of ether oxygens (including phenoxy) is 23. The van der Waals surface area contributed by atoms with Gasteiger partial charge in [0.2, 0.25) is 0 Å². The monoisotopic (exact) mass is 1990 g/mol. The van der Waals surface area contributed by atoms with Crippen LogP contribution in [0.1, 0.15) is 295 Å². The molecule has 0 spiro atoms. The van der Waals surface area contributed by atoms with Gasteiger partial charge < -0.3 is 109 Å². The highest BCUT2D eigenvalue weighted by atomic mass is 16.7. The summed E-state index contributed by atoms with van der Waals surface area (Å²) in [4.78, 5) is 178. The van der Waals surface area contributed by atoms with E-state index in [0.717, 1.165) is 154 Å². The molecule has 139 heavy (non-hydrogen) atoms. The molecule has 37 heteroatoms. The fraction of sp³-hybridized carbons (Fsp3) is 0.863. The summed E-state index contributed by atoms with van der Waals surface area (Å²) >= 11 is 0. The highest BCUT2D eigenvalue weighted by Crippen LogP contribution is 2.48. The van der Waals surface area contributed by atoms with Crippen molar-refractivity contribution in [2.75, 3.05) is 92.5 Å². The molecule has 30 atom stereocenters. The number of esters is 14. The van der Waals surface area contributed by atoms with Crippen LogP contribution >= 0.6 is 0 Å². The summed E-state index contributed by atoms with van der Waals surface area (Å²) in [5, 5.41) is 0. The van der Waals surface area contributed by atoms with Gasteiger partial charge >= 0.3 is 83.6 Å². The first-order valence-electron chi connectivity index (χ1n) is 46.6. The van der Waals surface area contributed by atoms with Crippen molar-refractivity contribution in [1.29, 1.82) is 0 Å². The molecule has 18 fully saturated rings. The normalized spacial score (nSPS) is 33.1. The first-order valence-corrected chi connectivity index (χ1v) is 46.6. The molecule has 0 bridgehead atoms. The van der Waals surface area contributed by atoms with Crippen LogP contribution in [-0.2, 0) is 176 Å². The van der Waals surface area contributed by atoms with E-state index >= 15 is 0 Å². The number of carbonyl (C=O) groups excluding carboxylic acids is 14. The average molecular weight is 1990 g/mol. The third-order valence-electron chi connectivity index (χ3n) is 28.4. The first-order chi connectivity index (χ1) is 61.5. The van der Waals surface area contributed by atoms with Crippen molar-refractivity contribution in [2.24, 2.45) is 71.0 Å². The van der Waals surface area contributed by atoms with Crippen LogP contribution in [0.2, 0.25) is 0 Å². The van der Waals surface area contributed by atoms with Crippen LogP contribution in [0.25, 0.3) is 0 Å². The maximum atomic E-state index is 13.8. The predicted octanol–water partition coefficient (Wildman–Crippen LogP) is 13.1. The van der Waals surface area contributed by atoms with E-state index in [4.69, 9.17) is 109 Å². The zero-order valence-electron chi connectivity index (χ0n) is 72.0. The number of fused-ring (bicyclic) bond motifs is 9. The van der Waals surface area contributed by atoms with Crippen molar-refractivity contribution in [3.8, 4) is 0 Å². The van der Waals surface area contributed by atoms with Gasteiger partial charge in [0.1, 0.15) is 0 Å². The number of hydrogen-bond acceptors (Lipinski definition) is 37. The van der Waals surface area contributed by atoms with Crippen molar-refractivity contribution < 1.29 is 176 Å². The van der Waals surface area contributed by atoms with E-state index in [9.17, 15) is 67.1 Å². The smallest absolute Gasteiger partial charge is 0.344 e. The summed E-state index contributed by atoms with van der Waals surface area (Å²) in [6.45, 7) is -2.58. The van der Waals surface area contributed by atoms with Crippen LogP contribution in [0.3, 0.4) is 0 Å². The molecule has 9 aliphatic heterocycles. The highest BCUT2D eigenvalue weighted by molar-refractivity contribution is 5.91. The summed E-state index contributed by atoms with van der Waals surface area (Å²) in [5.41, 5.74) is 0. The molecule has 9 aliphatic carbocycles. The molecule has 0 aromatic heterocycles. The Bertz CT molecular complexity index is 3670. The molecule has 0 N–H and O–H groups in total. The molecule has 0 aromatic carbocycles. The first kappa shape index (κ1) is 124. The lowest BCUT2D eigenvalue weighted by atomic mass is 9.79. The second-order valence-corrected chi connectivity index (χ2v) is 38.1. The minimum absolute atomic E-state index is 0. The van der Waals surface area contributed by atoms with Crippen LogP contribution in [0.5, 0.6) is 0 Å². The van der Waals surface area contributed by atoms with Crippen molar-refractivity contribution >= 4 is 83.6 Å². The molecule has 9 saturated carbocycles. The van der Waals surface area contributed by atoms with E-state index in [1.807, 2.05) is 0 Å². The largest absolute Gasteiger partial charge is 0.465 e. The average Bonchev–Trinajstić information content (AvgIpc) is 1.62. The molecular weight excluding hydrogens is 1820 g/mol. The topological polar surface area (TPSA) is 481 Å². The van der Waals surface area contributed by atoms with Crippen molar-refractivity contribution in [3.63, 3.8) is 0 Å². The van der Waals surface area contributed by atoms with Gasteiger partial charge in [-0.2, -0.15) is 0 Å². The number of hydrogen-bond donors (Lipinski definition) is 0. The highest BCUT2D eigenvalue weighted by Gasteiger charge is 2.56. The van der Waals surface area contributed by atoms with Gasteiger partial charge in [-0.3, -0.25) is 38.4 Å². The Labute approximate surface area is 823 Å². The van der Waals surface area contributed by atoms with Gasteiger partial charge in [0.05, 0.1) is 199 Å². The summed E-state index contributed by atoms with van der Waals surface area (Å²) in [6, 6.07) is 0.